The van der Waals surface area contributed by atoms with Gasteiger partial charge in [0, 0.05) is 23.2 Å². The molecule has 1 aliphatic heterocycles. The van der Waals surface area contributed by atoms with Crippen molar-refractivity contribution in [1.29, 1.82) is 0 Å². The molecule has 0 saturated carbocycles. The van der Waals surface area contributed by atoms with E-state index in [1.54, 1.807) is 0 Å². The van der Waals surface area contributed by atoms with Crippen LogP contribution in [0.3, 0.4) is 0 Å². The average Bonchev–Trinajstić information content (AvgIpc) is 3.75. The SMILES string of the molecule is C[N+]1=C=[N+](c2cc(Oc3cccc(-c4cc(-c5cccc(Oc6ccccc6)c5)ccn4)c3)cc(C3(C)c4ccccc4-c4ccccc43)c2)C=C1. The van der Waals surface area contributed by atoms with Crippen molar-refractivity contribution >= 4 is 11.7 Å². The van der Waals surface area contributed by atoms with Gasteiger partial charge in [0.05, 0.1) is 11.8 Å². The highest BCUT2D eigenvalue weighted by Crippen LogP contribution is 2.53. The topological polar surface area (TPSA) is 37.4 Å². The quantitative estimate of drug-likeness (QED) is 0.151. The zero-order valence-corrected chi connectivity index (χ0v) is 28.9. The molecule has 5 nitrogen and oxygen atoms in total. The van der Waals surface area contributed by atoms with Crippen LogP contribution in [0.1, 0.15) is 23.6 Å². The Balaban J connectivity index is 1.07. The molecule has 9 rings (SSSR count). The number of benzene rings is 6. The molecular formula is C47H35N3O2+2. The summed E-state index contributed by atoms with van der Waals surface area (Å²) < 4.78 is 16.8. The van der Waals surface area contributed by atoms with E-state index in [0.29, 0.717) is 0 Å². The molecule has 248 valence electrons. The molecule has 2 heterocycles. The molecule has 0 atom stereocenters. The monoisotopic (exact) mass is 673 g/mol. The van der Waals surface area contributed by atoms with Crippen molar-refractivity contribution in [2.24, 2.45) is 0 Å². The fourth-order valence-corrected chi connectivity index (χ4v) is 7.37. The van der Waals surface area contributed by atoms with Crippen molar-refractivity contribution in [1.82, 2.24) is 4.98 Å². The van der Waals surface area contributed by atoms with Crippen LogP contribution in [0.5, 0.6) is 23.0 Å². The lowest BCUT2D eigenvalue weighted by atomic mass is 9.74. The van der Waals surface area contributed by atoms with Gasteiger partial charge in [0.2, 0.25) is 11.9 Å². The smallest absolute Gasteiger partial charge is 0.457 e. The van der Waals surface area contributed by atoms with Gasteiger partial charge in [-0.15, -0.1) is 0 Å². The van der Waals surface area contributed by atoms with Gasteiger partial charge in [0.25, 0.3) is 6.20 Å². The Hall–Kier alpha value is -6.81. The van der Waals surface area contributed by atoms with E-state index in [9.17, 15) is 0 Å². The Morgan fingerprint density at radius 2 is 1.15 bits per heavy atom. The molecule has 5 heteroatoms. The van der Waals surface area contributed by atoms with Crippen LogP contribution in [-0.2, 0) is 5.41 Å². The molecule has 0 saturated heterocycles. The largest absolute Gasteiger partial charge is 0.495 e. The molecule has 0 fully saturated rings. The van der Waals surface area contributed by atoms with E-state index in [1.165, 1.54) is 22.3 Å². The minimum absolute atomic E-state index is 0.383. The lowest BCUT2D eigenvalue weighted by Crippen LogP contribution is -2.22. The fourth-order valence-electron chi connectivity index (χ4n) is 7.37. The summed E-state index contributed by atoms with van der Waals surface area (Å²) in [5.41, 5.74) is 10.8. The van der Waals surface area contributed by atoms with Gasteiger partial charge in [0.15, 0.2) is 7.05 Å². The highest BCUT2D eigenvalue weighted by atomic mass is 16.5. The zero-order chi connectivity index (χ0) is 35.1. The highest BCUT2D eigenvalue weighted by molar-refractivity contribution is 5.83. The molecule has 0 amide bonds. The van der Waals surface area contributed by atoms with Crippen molar-refractivity contribution in [2.75, 3.05) is 7.05 Å². The number of rotatable bonds is 8. The summed E-state index contributed by atoms with van der Waals surface area (Å²) in [5.74, 6) is 3.06. The second-order valence-electron chi connectivity index (χ2n) is 13.3. The van der Waals surface area contributed by atoms with Gasteiger partial charge in [-0.05, 0) is 100 Å². The van der Waals surface area contributed by atoms with Crippen molar-refractivity contribution in [3.05, 3.63) is 193 Å². The first-order chi connectivity index (χ1) is 25.5. The third kappa shape index (κ3) is 5.69. The van der Waals surface area contributed by atoms with Crippen LogP contribution in [0.15, 0.2) is 176 Å². The van der Waals surface area contributed by atoms with E-state index in [-0.39, 0.29) is 5.41 Å². The summed E-state index contributed by atoms with van der Waals surface area (Å²) in [6.45, 7) is 2.32. The van der Waals surface area contributed by atoms with E-state index in [1.807, 2.05) is 95.5 Å². The minimum Gasteiger partial charge on any atom is -0.457 e. The van der Waals surface area contributed by atoms with Gasteiger partial charge in [0.1, 0.15) is 23.0 Å². The van der Waals surface area contributed by atoms with Crippen molar-refractivity contribution in [2.45, 2.75) is 12.3 Å². The number of fused-ring (bicyclic) bond motifs is 3. The molecule has 0 spiro atoms. The first kappa shape index (κ1) is 31.2. The van der Waals surface area contributed by atoms with Crippen LogP contribution in [0.2, 0.25) is 0 Å². The van der Waals surface area contributed by atoms with E-state index >= 15 is 0 Å². The van der Waals surface area contributed by atoms with Crippen LogP contribution in [-0.4, -0.2) is 27.2 Å². The Morgan fingerprint density at radius 3 is 1.87 bits per heavy atom. The number of hydrogen-bond donors (Lipinski definition) is 0. The van der Waals surface area contributed by atoms with Gasteiger partial charge in [-0.25, -0.2) is 0 Å². The molecule has 0 unspecified atom stereocenters. The Labute approximate surface area is 303 Å². The van der Waals surface area contributed by atoms with Gasteiger partial charge in [-0.3, -0.25) is 4.98 Å². The van der Waals surface area contributed by atoms with Crippen LogP contribution in [0, 0.1) is 0 Å². The predicted octanol–water partition coefficient (Wildman–Crippen LogP) is 11.3. The molecule has 7 aromatic rings. The Kier molecular flexibility index (Phi) is 7.69. The number of ether oxygens (including phenoxy) is 2. The maximum Gasteiger partial charge on any atom is 0.495 e. The lowest BCUT2D eigenvalue weighted by molar-refractivity contribution is -0.429. The molecule has 52 heavy (non-hydrogen) atoms. The summed E-state index contributed by atoms with van der Waals surface area (Å²) in [6, 6.07) is 57.6. The molecular weight excluding hydrogens is 639 g/mol. The maximum atomic E-state index is 6.74. The summed E-state index contributed by atoms with van der Waals surface area (Å²) in [7, 11) is 1.98. The molecule has 1 aromatic heterocycles. The summed E-state index contributed by atoms with van der Waals surface area (Å²) >= 11 is 0. The number of pyridine rings is 1. The van der Waals surface area contributed by atoms with Gasteiger partial charge in [-0.1, -0.05) is 100 Å². The second-order valence-corrected chi connectivity index (χ2v) is 13.3. The van der Waals surface area contributed by atoms with Gasteiger partial charge >= 0.3 is 6.01 Å². The first-order valence-electron chi connectivity index (χ1n) is 17.4. The van der Waals surface area contributed by atoms with Crippen LogP contribution in [0.4, 0.5) is 5.69 Å². The molecule has 0 radical (unpaired) electrons. The zero-order valence-electron chi connectivity index (χ0n) is 28.9. The van der Waals surface area contributed by atoms with Gasteiger partial charge < -0.3 is 9.47 Å². The van der Waals surface area contributed by atoms with Gasteiger partial charge in [-0.2, -0.15) is 0 Å². The number of hydrogen-bond acceptors (Lipinski definition) is 3. The summed E-state index contributed by atoms with van der Waals surface area (Å²) in [5, 5.41) is 0. The third-order valence-corrected chi connectivity index (χ3v) is 9.94. The highest BCUT2D eigenvalue weighted by Gasteiger charge is 2.41. The average molecular weight is 674 g/mol. The lowest BCUT2D eigenvalue weighted by Gasteiger charge is -2.28. The van der Waals surface area contributed by atoms with Crippen LogP contribution in [0.25, 0.3) is 33.5 Å². The standard InChI is InChI=1S/C47H35N3O2/c1-47(44-20-8-6-18-42(44)43-19-7-9-21-45(43)47)36-29-37(50-25-24-49(2)32-50)31-41(30-36)52-40-17-11-13-35(27-40)46-28-34(22-23-48-46)33-12-10-16-39(26-33)51-38-14-4-3-5-15-38/h3-31H,1-2H3/q+2. The van der Waals surface area contributed by atoms with Crippen molar-refractivity contribution in [3.63, 3.8) is 0 Å². The fraction of sp³-hybridized carbons (Fsp3) is 0.0638. The Bertz CT molecular complexity index is 2550. The molecule has 2 aliphatic rings. The van der Waals surface area contributed by atoms with Crippen LogP contribution >= 0.6 is 0 Å². The van der Waals surface area contributed by atoms with E-state index in [0.717, 1.165) is 56.6 Å². The summed E-state index contributed by atoms with van der Waals surface area (Å²) in [4.78, 5) is 4.75. The second kappa shape index (κ2) is 12.8. The molecule has 0 bridgehead atoms. The van der Waals surface area contributed by atoms with Crippen molar-refractivity contribution < 1.29 is 18.6 Å². The minimum atomic E-state index is -0.383. The van der Waals surface area contributed by atoms with Crippen LogP contribution < -0.4 is 9.47 Å². The van der Waals surface area contributed by atoms with Crippen molar-refractivity contribution in [3.8, 4) is 56.5 Å². The first-order valence-corrected chi connectivity index (χ1v) is 17.4. The summed E-state index contributed by atoms with van der Waals surface area (Å²) in [6.07, 6.45) is 5.86. The Morgan fingerprint density at radius 1 is 0.538 bits per heavy atom. The third-order valence-electron chi connectivity index (χ3n) is 9.94. The number of nitrogens with zero attached hydrogens (tertiary/aromatic N) is 3. The molecule has 0 N–H and O–H groups in total. The normalized spacial score (nSPS) is 13.6. The molecule has 6 aromatic carbocycles. The maximum absolute atomic E-state index is 6.74. The van der Waals surface area contributed by atoms with E-state index in [2.05, 4.69) is 110 Å². The van der Waals surface area contributed by atoms with E-state index < -0.39 is 0 Å². The van der Waals surface area contributed by atoms with E-state index in [4.69, 9.17) is 14.5 Å². The number of para-hydroxylation sites is 1. The predicted molar refractivity (Wildman–Crippen MR) is 206 cm³/mol. The number of aromatic nitrogens is 1. The molecule has 1 aliphatic carbocycles.